The van der Waals surface area contributed by atoms with Crippen molar-refractivity contribution in [1.82, 2.24) is 10.2 Å². The number of nitrogens with zero attached hydrogens (tertiary/aromatic N) is 2. The highest BCUT2D eigenvalue weighted by atomic mass is 19.1. The maximum Gasteiger partial charge on any atom is 0.407 e. The number of amides is 1. The summed E-state index contributed by atoms with van der Waals surface area (Å²) in [6.07, 6.45) is 3.90. The number of ether oxygens (including phenoxy) is 2. The third kappa shape index (κ3) is 11.9. The lowest BCUT2D eigenvalue weighted by Crippen LogP contribution is -2.50. The zero-order chi connectivity index (χ0) is 30.0. The van der Waals surface area contributed by atoms with Crippen molar-refractivity contribution in [3.05, 3.63) is 59.9 Å². The number of benzene rings is 2. The smallest absolute Gasteiger partial charge is 0.407 e. The maximum atomic E-state index is 13.2. The molecule has 228 valence electrons. The van der Waals surface area contributed by atoms with Crippen LogP contribution in [0.1, 0.15) is 79.7 Å². The molecule has 1 fully saturated rings. The number of anilines is 1. The predicted octanol–water partition coefficient (Wildman–Crippen LogP) is 7.66. The lowest BCUT2D eigenvalue weighted by molar-refractivity contribution is 0.0479. The van der Waals surface area contributed by atoms with Crippen molar-refractivity contribution in [2.24, 2.45) is 11.8 Å². The Labute approximate surface area is 247 Å². The van der Waals surface area contributed by atoms with Crippen molar-refractivity contribution in [2.75, 3.05) is 31.1 Å². The predicted molar refractivity (Wildman–Crippen MR) is 166 cm³/mol. The summed E-state index contributed by atoms with van der Waals surface area (Å²) < 4.78 is 24.7. The van der Waals surface area contributed by atoms with Gasteiger partial charge >= 0.3 is 6.09 Å². The highest BCUT2D eigenvalue weighted by Crippen LogP contribution is 2.27. The molecule has 2 aromatic rings. The van der Waals surface area contributed by atoms with Crippen LogP contribution in [0.3, 0.4) is 0 Å². The Balaban J connectivity index is 1.59. The number of carbonyl (C=O) groups is 1. The number of hydrogen-bond acceptors (Lipinski definition) is 5. The summed E-state index contributed by atoms with van der Waals surface area (Å²) in [7, 11) is 0. The van der Waals surface area contributed by atoms with Gasteiger partial charge < -0.3 is 24.6 Å². The molecule has 3 rings (SSSR count). The van der Waals surface area contributed by atoms with Crippen LogP contribution in [0.5, 0.6) is 5.75 Å². The van der Waals surface area contributed by atoms with Crippen LogP contribution in [0.25, 0.3) is 0 Å². The molecule has 1 saturated heterocycles. The number of piperidine rings is 1. The van der Waals surface area contributed by atoms with Crippen LogP contribution in [0.2, 0.25) is 0 Å². The summed E-state index contributed by atoms with van der Waals surface area (Å²) in [5.74, 6) is 1.69. The summed E-state index contributed by atoms with van der Waals surface area (Å²) in [5.41, 5.74) is 1.66. The van der Waals surface area contributed by atoms with Crippen LogP contribution in [-0.4, -0.2) is 54.9 Å². The van der Waals surface area contributed by atoms with Gasteiger partial charge in [-0.3, -0.25) is 0 Å². The second-order valence-electron chi connectivity index (χ2n) is 13.3. The Kier molecular flexibility index (Phi) is 12.3. The SMILES string of the molecule is CC(C)CCN(c1ccc(OCc2ccc(F)cc2)cc1)C1CCN(C[C@H](CC(C)C)NC(=O)OC(C)(C)C)CC1. The van der Waals surface area contributed by atoms with Crippen molar-refractivity contribution < 1.29 is 18.7 Å². The number of hydrogen-bond donors (Lipinski definition) is 1. The monoisotopic (exact) mass is 569 g/mol. The van der Waals surface area contributed by atoms with Crippen LogP contribution >= 0.6 is 0 Å². The average Bonchev–Trinajstić information content (AvgIpc) is 2.88. The van der Waals surface area contributed by atoms with Crippen LogP contribution in [0.4, 0.5) is 14.9 Å². The lowest BCUT2D eigenvalue weighted by Gasteiger charge is -2.41. The van der Waals surface area contributed by atoms with Gasteiger partial charge in [-0.25, -0.2) is 9.18 Å². The molecule has 7 heteroatoms. The average molecular weight is 570 g/mol. The number of rotatable bonds is 13. The minimum Gasteiger partial charge on any atom is -0.489 e. The number of carbonyl (C=O) groups excluding carboxylic acids is 1. The van der Waals surface area contributed by atoms with Crippen molar-refractivity contribution in [1.29, 1.82) is 0 Å². The van der Waals surface area contributed by atoms with Crippen molar-refractivity contribution >= 4 is 11.8 Å². The van der Waals surface area contributed by atoms with E-state index in [1.54, 1.807) is 12.1 Å². The molecular weight excluding hydrogens is 517 g/mol. The van der Waals surface area contributed by atoms with Gasteiger partial charge in [0.15, 0.2) is 0 Å². The Morgan fingerprint density at radius 3 is 2.20 bits per heavy atom. The number of alkyl carbamates (subject to hydrolysis) is 1. The molecule has 0 radical (unpaired) electrons. The van der Waals surface area contributed by atoms with E-state index in [9.17, 15) is 9.18 Å². The third-order valence-electron chi connectivity index (χ3n) is 7.39. The summed E-state index contributed by atoms with van der Waals surface area (Å²) in [6, 6.07) is 15.4. The van der Waals surface area contributed by atoms with Gasteiger partial charge in [0.2, 0.25) is 0 Å². The van der Waals surface area contributed by atoms with Gasteiger partial charge in [0.25, 0.3) is 0 Å². The fourth-order valence-corrected chi connectivity index (χ4v) is 5.35. The Hall–Kier alpha value is -2.80. The van der Waals surface area contributed by atoms with E-state index in [2.05, 4.69) is 54.9 Å². The standard InChI is InChI=1S/C34H52FN3O3/c1-25(2)16-21-38(30-12-14-32(15-13-30)40-24-27-8-10-28(35)11-9-27)31-17-19-37(20-18-31)23-29(22-26(3)4)36-33(39)41-34(5,6)7/h8-15,25-26,29,31H,16-24H2,1-7H3,(H,36,39)/t29-/m0/s1. The van der Waals surface area contributed by atoms with E-state index in [0.29, 0.717) is 24.5 Å². The first-order chi connectivity index (χ1) is 19.4. The largest absolute Gasteiger partial charge is 0.489 e. The molecule has 2 aromatic carbocycles. The van der Waals surface area contributed by atoms with Crippen LogP contribution in [-0.2, 0) is 11.3 Å². The second-order valence-corrected chi connectivity index (χ2v) is 13.3. The van der Waals surface area contributed by atoms with Gasteiger partial charge in [0, 0.05) is 44.0 Å². The van der Waals surface area contributed by atoms with Crippen LogP contribution < -0.4 is 15.0 Å². The zero-order valence-electron chi connectivity index (χ0n) is 26.3. The molecule has 0 aromatic heterocycles. The van der Waals surface area contributed by atoms with Gasteiger partial charge in [-0.1, -0.05) is 39.8 Å². The summed E-state index contributed by atoms with van der Waals surface area (Å²) >= 11 is 0. The van der Waals surface area contributed by atoms with Crippen molar-refractivity contribution in [3.63, 3.8) is 0 Å². The van der Waals surface area contributed by atoms with E-state index in [1.807, 2.05) is 32.9 Å². The lowest BCUT2D eigenvalue weighted by atomic mass is 9.98. The molecule has 0 aliphatic carbocycles. The molecule has 6 nitrogen and oxygen atoms in total. The molecule has 1 aliphatic heterocycles. The summed E-state index contributed by atoms with van der Waals surface area (Å²) in [6.45, 7) is 18.9. The summed E-state index contributed by atoms with van der Waals surface area (Å²) in [4.78, 5) is 17.6. The minimum atomic E-state index is -0.503. The van der Waals surface area contributed by atoms with E-state index in [1.165, 1.54) is 17.8 Å². The minimum absolute atomic E-state index is 0.0703. The molecule has 0 spiro atoms. The van der Waals surface area contributed by atoms with E-state index in [0.717, 1.165) is 63.2 Å². The Morgan fingerprint density at radius 2 is 1.63 bits per heavy atom. The highest BCUT2D eigenvalue weighted by molar-refractivity contribution is 5.68. The van der Waals surface area contributed by atoms with Gasteiger partial charge in [-0.05, 0) is 100 Å². The molecule has 1 amide bonds. The Bertz CT molecular complexity index is 1040. The molecule has 41 heavy (non-hydrogen) atoms. The quantitative estimate of drug-likeness (QED) is 0.268. The van der Waals surface area contributed by atoms with Gasteiger partial charge in [-0.15, -0.1) is 0 Å². The van der Waals surface area contributed by atoms with E-state index in [-0.39, 0.29) is 18.0 Å². The number of nitrogens with one attached hydrogen (secondary N) is 1. The Morgan fingerprint density at radius 1 is 1.00 bits per heavy atom. The molecule has 1 heterocycles. The third-order valence-corrected chi connectivity index (χ3v) is 7.39. The van der Waals surface area contributed by atoms with Crippen molar-refractivity contribution in [2.45, 2.75) is 98.4 Å². The zero-order valence-corrected chi connectivity index (χ0v) is 26.3. The molecule has 1 atom stereocenters. The first-order valence-electron chi connectivity index (χ1n) is 15.3. The molecule has 0 unspecified atom stereocenters. The highest BCUT2D eigenvalue weighted by Gasteiger charge is 2.28. The maximum absolute atomic E-state index is 13.2. The van der Waals surface area contributed by atoms with Gasteiger partial charge in [0.1, 0.15) is 23.8 Å². The van der Waals surface area contributed by atoms with Gasteiger partial charge in [0.05, 0.1) is 0 Å². The van der Waals surface area contributed by atoms with E-state index < -0.39 is 5.60 Å². The van der Waals surface area contributed by atoms with Crippen LogP contribution in [0, 0.1) is 17.7 Å². The molecule has 0 saturated carbocycles. The molecule has 1 aliphatic rings. The molecular formula is C34H52FN3O3. The first kappa shape index (κ1) is 32.7. The van der Waals surface area contributed by atoms with E-state index in [4.69, 9.17) is 9.47 Å². The molecule has 0 bridgehead atoms. The molecule has 1 N–H and O–H groups in total. The number of halogens is 1. The van der Waals surface area contributed by atoms with E-state index >= 15 is 0 Å². The second kappa shape index (κ2) is 15.4. The van der Waals surface area contributed by atoms with Crippen molar-refractivity contribution in [3.8, 4) is 5.75 Å². The fourth-order valence-electron chi connectivity index (χ4n) is 5.35. The number of likely N-dealkylation sites (tertiary alicyclic amines) is 1. The van der Waals surface area contributed by atoms with Crippen LogP contribution in [0.15, 0.2) is 48.5 Å². The fraction of sp³-hybridized carbons (Fsp3) is 0.618. The first-order valence-corrected chi connectivity index (χ1v) is 15.3. The summed E-state index contributed by atoms with van der Waals surface area (Å²) in [5, 5.41) is 3.13. The normalized spacial score (nSPS) is 15.7. The topological polar surface area (TPSA) is 54.0 Å². The van der Waals surface area contributed by atoms with Gasteiger partial charge in [-0.2, -0.15) is 0 Å².